The van der Waals surface area contributed by atoms with Gasteiger partial charge in [-0.05, 0) is 31.5 Å². The molecule has 134 valence electrons. The molecule has 0 radical (unpaired) electrons. The van der Waals surface area contributed by atoms with Gasteiger partial charge in [0.2, 0.25) is 5.91 Å². The number of hydrogen-bond donors (Lipinski definition) is 3. The highest BCUT2D eigenvalue weighted by molar-refractivity contribution is 5.84. The van der Waals surface area contributed by atoms with Crippen LogP contribution in [0.2, 0.25) is 0 Å². The predicted molar refractivity (Wildman–Crippen MR) is 87.5 cm³/mol. The molecule has 1 rings (SSSR count). The van der Waals surface area contributed by atoms with Gasteiger partial charge in [-0.2, -0.15) is 13.2 Å². The number of hydrogen-bond acceptors (Lipinski definition) is 2. The molecule has 0 aliphatic carbocycles. The lowest BCUT2D eigenvalue weighted by Gasteiger charge is -2.24. The summed E-state index contributed by atoms with van der Waals surface area (Å²) in [5.74, 6) is 0.361. The van der Waals surface area contributed by atoms with E-state index in [1.807, 2.05) is 0 Å². The fraction of sp³-hybridized carbons (Fsp3) is 0.500. The van der Waals surface area contributed by atoms with Crippen LogP contribution in [0.3, 0.4) is 0 Å². The Morgan fingerprint density at radius 1 is 1.12 bits per heavy atom. The first-order chi connectivity index (χ1) is 11.1. The third kappa shape index (κ3) is 5.75. The second-order valence-corrected chi connectivity index (χ2v) is 5.94. The zero-order valence-electron chi connectivity index (χ0n) is 14.2. The summed E-state index contributed by atoms with van der Waals surface area (Å²) in [6.07, 6.45) is -4.34. The quantitative estimate of drug-likeness (QED) is 0.566. The van der Waals surface area contributed by atoms with Gasteiger partial charge in [0.1, 0.15) is 0 Å². The van der Waals surface area contributed by atoms with Gasteiger partial charge in [-0.25, -0.2) is 0 Å². The monoisotopic (exact) mass is 344 g/mol. The first-order valence-electron chi connectivity index (χ1n) is 7.43. The zero-order valence-corrected chi connectivity index (χ0v) is 14.2. The molecule has 0 aromatic heterocycles. The topological polar surface area (TPSA) is 65.5 Å². The molecule has 0 saturated heterocycles. The van der Waals surface area contributed by atoms with Crippen molar-refractivity contribution in [2.24, 2.45) is 10.4 Å². The summed E-state index contributed by atoms with van der Waals surface area (Å²) in [6, 6.07) is 4.92. The molecule has 0 unspecified atom stereocenters. The number of carbonyl (C=O) groups is 1. The molecular weight excluding hydrogens is 321 g/mol. The smallest absolute Gasteiger partial charge is 0.359 e. The fourth-order valence-electron chi connectivity index (χ4n) is 1.94. The number of halogens is 3. The molecule has 24 heavy (non-hydrogen) atoms. The first-order valence-corrected chi connectivity index (χ1v) is 7.43. The van der Waals surface area contributed by atoms with E-state index in [1.165, 1.54) is 12.1 Å². The number of amides is 1. The average Bonchev–Trinajstić information content (AvgIpc) is 2.53. The number of nitrogens with zero attached hydrogens (tertiary/aromatic N) is 1. The summed E-state index contributed by atoms with van der Waals surface area (Å²) in [6.45, 7) is 4.27. The first kappa shape index (κ1) is 19.8. The minimum Gasteiger partial charge on any atom is -0.359 e. The van der Waals surface area contributed by atoms with E-state index in [9.17, 15) is 18.0 Å². The van der Waals surface area contributed by atoms with Gasteiger partial charge in [-0.3, -0.25) is 9.79 Å². The zero-order chi connectivity index (χ0) is 18.4. The average molecular weight is 344 g/mol. The van der Waals surface area contributed by atoms with Crippen molar-refractivity contribution in [2.75, 3.05) is 20.6 Å². The van der Waals surface area contributed by atoms with Crippen LogP contribution < -0.4 is 16.0 Å². The van der Waals surface area contributed by atoms with Crippen LogP contribution in [0.1, 0.15) is 25.0 Å². The van der Waals surface area contributed by atoms with Crippen LogP contribution in [0.15, 0.2) is 29.3 Å². The maximum Gasteiger partial charge on any atom is 0.416 e. The van der Waals surface area contributed by atoms with Crippen molar-refractivity contribution in [3.8, 4) is 0 Å². The Kier molecular flexibility index (Phi) is 6.62. The summed E-state index contributed by atoms with van der Waals surface area (Å²) in [5.41, 5.74) is -0.613. The number of rotatable bonds is 5. The number of carbonyl (C=O) groups excluding carboxylic acids is 1. The van der Waals surface area contributed by atoms with Crippen molar-refractivity contribution in [1.82, 2.24) is 16.0 Å². The van der Waals surface area contributed by atoms with E-state index in [4.69, 9.17) is 0 Å². The molecule has 0 heterocycles. The minimum absolute atomic E-state index is 0.104. The number of aliphatic imine (C=N–C) groups is 1. The van der Waals surface area contributed by atoms with Crippen LogP contribution in [-0.2, 0) is 17.5 Å². The van der Waals surface area contributed by atoms with Gasteiger partial charge in [-0.1, -0.05) is 12.1 Å². The van der Waals surface area contributed by atoms with E-state index in [0.717, 1.165) is 12.1 Å². The second-order valence-electron chi connectivity index (χ2n) is 5.94. The summed E-state index contributed by atoms with van der Waals surface area (Å²) in [7, 11) is 3.15. The molecule has 5 nitrogen and oxygen atoms in total. The molecule has 0 fully saturated rings. The summed E-state index contributed by atoms with van der Waals surface area (Å²) in [4.78, 5) is 15.8. The Morgan fingerprint density at radius 3 is 2.17 bits per heavy atom. The Morgan fingerprint density at radius 2 is 1.71 bits per heavy atom. The summed E-state index contributed by atoms with van der Waals surface area (Å²) < 4.78 is 37.6. The van der Waals surface area contributed by atoms with E-state index in [1.54, 1.807) is 27.9 Å². The van der Waals surface area contributed by atoms with Crippen molar-refractivity contribution in [3.05, 3.63) is 35.4 Å². The van der Waals surface area contributed by atoms with E-state index >= 15 is 0 Å². The Labute approximate surface area is 139 Å². The van der Waals surface area contributed by atoms with Crippen molar-refractivity contribution >= 4 is 11.9 Å². The molecule has 0 aliphatic heterocycles. The molecule has 0 bridgehead atoms. The number of alkyl halides is 3. The highest BCUT2D eigenvalue weighted by Gasteiger charge is 2.30. The maximum absolute atomic E-state index is 12.5. The molecule has 0 saturated carbocycles. The van der Waals surface area contributed by atoms with Crippen LogP contribution in [-0.4, -0.2) is 32.5 Å². The van der Waals surface area contributed by atoms with E-state index in [-0.39, 0.29) is 5.91 Å². The lowest BCUT2D eigenvalue weighted by atomic mass is 9.92. The summed E-state index contributed by atoms with van der Waals surface area (Å²) >= 11 is 0. The summed E-state index contributed by atoms with van der Waals surface area (Å²) in [5, 5.41) is 8.62. The van der Waals surface area contributed by atoms with Gasteiger partial charge >= 0.3 is 6.18 Å². The molecular formula is C16H23F3N4O. The Hall–Kier alpha value is -2.25. The van der Waals surface area contributed by atoms with Crippen LogP contribution in [0.25, 0.3) is 0 Å². The minimum atomic E-state index is -4.34. The van der Waals surface area contributed by atoms with Crippen LogP contribution >= 0.6 is 0 Å². The number of benzene rings is 1. The molecule has 1 aromatic rings. The standard InChI is InChI=1S/C16H23F3N4O/c1-15(2,13(24)20-3)10-23-14(21-4)22-9-11-5-7-12(8-6-11)16(17,18)19/h5-8H,9-10H2,1-4H3,(H,20,24)(H2,21,22,23). The molecule has 0 atom stereocenters. The Bertz CT molecular complexity index is 580. The van der Waals surface area contributed by atoms with Crippen molar-refractivity contribution < 1.29 is 18.0 Å². The third-order valence-corrected chi connectivity index (χ3v) is 3.50. The molecule has 0 spiro atoms. The van der Waals surface area contributed by atoms with Gasteiger partial charge in [0.05, 0.1) is 11.0 Å². The van der Waals surface area contributed by atoms with Gasteiger partial charge in [-0.15, -0.1) is 0 Å². The normalized spacial score (nSPS) is 12.7. The van der Waals surface area contributed by atoms with Gasteiger partial charge in [0.15, 0.2) is 5.96 Å². The largest absolute Gasteiger partial charge is 0.416 e. The highest BCUT2D eigenvalue weighted by atomic mass is 19.4. The predicted octanol–water partition coefficient (Wildman–Crippen LogP) is 2.14. The van der Waals surface area contributed by atoms with Crippen LogP contribution in [0.5, 0.6) is 0 Å². The van der Waals surface area contributed by atoms with Gasteiger partial charge in [0.25, 0.3) is 0 Å². The molecule has 1 aromatic carbocycles. The number of nitrogens with one attached hydrogen (secondary N) is 3. The maximum atomic E-state index is 12.5. The molecule has 1 amide bonds. The van der Waals surface area contributed by atoms with Gasteiger partial charge < -0.3 is 16.0 Å². The lowest BCUT2D eigenvalue weighted by molar-refractivity contribution is -0.137. The fourth-order valence-corrected chi connectivity index (χ4v) is 1.94. The van der Waals surface area contributed by atoms with Crippen LogP contribution in [0, 0.1) is 5.41 Å². The van der Waals surface area contributed by atoms with Gasteiger partial charge in [0, 0.05) is 27.2 Å². The van der Waals surface area contributed by atoms with E-state index in [2.05, 4.69) is 20.9 Å². The molecule has 0 aliphatic rings. The van der Waals surface area contributed by atoms with Crippen molar-refractivity contribution in [3.63, 3.8) is 0 Å². The lowest BCUT2D eigenvalue weighted by Crippen LogP contribution is -2.47. The van der Waals surface area contributed by atoms with Crippen LogP contribution in [0.4, 0.5) is 13.2 Å². The third-order valence-electron chi connectivity index (χ3n) is 3.50. The molecule has 3 N–H and O–H groups in total. The molecule has 8 heteroatoms. The van der Waals surface area contributed by atoms with E-state index in [0.29, 0.717) is 24.6 Å². The van der Waals surface area contributed by atoms with Crippen molar-refractivity contribution in [2.45, 2.75) is 26.6 Å². The Balaban J connectivity index is 2.57. The van der Waals surface area contributed by atoms with Crippen molar-refractivity contribution in [1.29, 1.82) is 0 Å². The number of guanidine groups is 1. The highest BCUT2D eigenvalue weighted by Crippen LogP contribution is 2.29. The SMILES string of the molecule is CN=C(NCc1ccc(C(F)(F)F)cc1)NCC(C)(C)C(=O)NC. The van der Waals surface area contributed by atoms with E-state index < -0.39 is 17.2 Å². The second kappa shape index (κ2) is 8.03.